The maximum Gasteiger partial charge on any atom is 0.137 e. The number of anilines is 6. The van der Waals surface area contributed by atoms with Gasteiger partial charge < -0.3 is 18.6 Å². The predicted molar refractivity (Wildman–Crippen MR) is 305 cm³/mol. The minimum atomic E-state index is -0.577. The van der Waals surface area contributed by atoms with Gasteiger partial charge in [0.1, 0.15) is 22.3 Å². The predicted octanol–water partition coefficient (Wildman–Crippen LogP) is 19.1. The van der Waals surface area contributed by atoms with Crippen molar-refractivity contribution in [2.24, 2.45) is 0 Å². The number of fused-ring (bicyclic) bond motifs is 12. The first-order chi connectivity index (χ1) is 36.4. The molecule has 0 atom stereocenters. The second-order valence-corrected chi connectivity index (χ2v) is 20.4. The van der Waals surface area contributed by atoms with Crippen molar-refractivity contribution in [2.45, 2.75) is 24.7 Å². The summed E-state index contributed by atoms with van der Waals surface area (Å²) in [7, 11) is 0. The molecule has 4 heteroatoms. The lowest BCUT2D eigenvalue weighted by Gasteiger charge is -2.35. The molecule has 2 aliphatic rings. The second kappa shape index (κ2) is 16.1. The van der Waals surface area contributed by atoms with Gasteiger partial charge in [-0.05, 0) is 141 Å². The Labute approximate surface area is 429 Å². The molecule has 15 rings (SSSR count). The van der Waals surface area contributed by atoms with E-state index in [9.17, 15) is 0 Å². The van der Waals surface area contributed by atoms with Crippen LogP contribution in [0.5, 0.6) is 0 Å². The van der Waals surface area contributed by atoms with Gasteiger partial charge in [0.05, 0.1) is 16.5 Å². The quantitative estimate of drug-likeness (QED) is 0.152. The van der Waals surface area contributed by atoms with E-state index in [4.69, 9.17) is 8.83 Å². The highest BCUT2D eigenvalue weighted by Crippen LogP contribution is 2.58. The molecule has 0 saturated carbocycles. The maximum atomic E-state index is 6.60. The van der Waals surface area contributed by atoms with Crippen LogP contribution in [0.4, 0.5) is 34.1 Å². The van der Waals surface area contributed by atoms with Gasteiger partial charge in [0, 0.05) is 50.0 Å². The largest absolute Gasteiger partial charge is 0.456 e. The Balaban J connectivity index is 0.984. The minimum absolute atomic E-state index is 0.196. The third kappa shape index (κ3) is 6.09. The van der Waals surface area contributed by atoms with Gasteiger partial charge in [0.2, 0.25) is 0 Å². The van der Waals surface area contributed by atoms with Crippen molar-refractivity contribution in [2.75, 3.05) is 9.80 Å². The number of rotatable bonds is 8. The van der Waals surface area contributed by atoms with Crippen molar-refractivity contribution in [3.63, 3.8) is 0 Å². The van der Waals surface area contributed by atoms with E-state index in [0.29, 0.717) is 0 Å². The molecule has 0 fully saturated rings. The second-order valence-electron chi connectivity index (χ2n) is 20.4. The minimum Gasteiger partial charge on any atom is -0.456 e. The average Bonchev–Trinajstić information content (AvgIpc) is 4.20. The van der Waals surface area contributed by atoms with Crippen LogP contribution in [-0.4, -0.2) is 0 Å². The monoisotopic (exact) mass is 948 g/mol. The fourth-order valence-electron chi connectivity index (χ4n) is 12.8. The van der Waals surface area contributed by atoms with E-state index in [2.05, 4.69) is 266 Å². The SMILES string of the molecule is CC1(C)c2ccccc2-c2ccc(N(c3cccc(N(c4ccc5c(c4)C(c4ccccc4)(c4ccccc4)c4ccccc4-5)c4ccc5oc6ccccc6c5c4)c3)c3cccc4oc5ccccc5c34)cc21. The Morgan fingerprint density at radius 2 is 0.770 bits per heavy atom. The Hall–Kier alpha value is -9.38. The summed E-state index contributed by atoms with van der Waals surface area (Å²) in [6.45, 7) is 4.71. The van der Waals surface area contributed by atoms with Gasteiger partial charge in [-0.15, -0.1) is 0 Å². The van der Waals surface area contributed by atoms with Gasteiger partial charge >= 0.3 is 0 Å². The van der Waals surface area contributed by atoms with E-state index >= 15 is 0 Å². The molecular formula is C70H48N2O2. The Kier molecular flexibility index (Phi) is 9.19. The number of para-hydroxylation sites is 2. The lowest BCUT2D eigenvalue weighted by atomic mass is 9.67. The van der Waals surface area contributed by atoms with E-state index in [1.807, 2.05) is 12.1 Å². The summed E-state index contributed by atoms with van der Waals surface area (Å²) in [4.78, 5) is 4.87. The number of hydrogen-bond donors (Lipinski definition) is 0. The van der Waals surface area contributed by atoms with Crippen LogP contribution in [0.1, 0.15) is 47.2 Å². The van der Waals surface area contributed by atoms with Crippen molar-refractivity contribution >= 4 is 78.0 Å². The Morgan fingerprint density at radius 1 is 0.297 bits per heavy atom. The molecule has 0 radical (unpaired) electrons. The standard InChI is InChI=1S/C70H48N2O2/c1-69(2)59-29-13-9-25-52(59)54-38-36-51(43-61(54)69)72(63-31-18-34-67-68(63)57-28-12-16-33-65(57)74-67)48-24-17-23-47(41-48)71(49-37-40-66-58(42-49)56-27-11-15-32-64(56)73-66)50-35-39-55-53-26-10-14-30-60(53)70(62(55)44-50,45-19-5-3-6-20-45)46-21-7-4-8-22-46/h3-44H,1-2H3. The van der Waals surface area contributed by atoms with Crippen molar-refractivity contribution in [3.05, 3.63) is 288 Å². The van der Waals surface area contributed by atoms with Crippen molar-refractivity contribution < 1.29 is 8.83 Å². The average molecular weight is 949 g/mol. The third-order valence-corrected chi connectivity index (χ3v) is 16.1. The summed E-state index contributed by atoms with van der Waals surface area (Å²) in [5, 5.41) is 4.30. The van der Waals surface area contributed by atoms with E-state index in [-0.39, 0.29) is 5.41 Å². The number of nitrogens with zero attached hydrogens (tertiary/aromatic N) is 2. The highest BCUT2D eigenvalue weighted by Gasteiger charge is 2.46. The first-order valence-corrected chi connectivity index (χ1v) is 25.6. The molecule has 350 valence electrons. The topological polar surface area (TPSA) is 32.8 Å². The highest BCUT2D eigenvalue weighted by atomic mass is 16.3. The van der Waals surface area contributed by atoms with Crippen molar-refractivity contribution in [1.82, 2.24) is 0 Å². The molecule has 0 saturated heterocycles. The lowest BCUT2D eigenvalue weighted by molar-refractivity contribution is 0.660. The van der Waals surface area contributed by atoms with E-state index in [1.54, 1.807) is 0 Å². The first-order valence-electron chi connectivity index (χ1n) is 25.6. The van der Waals surface area contributed by atoms with Gasteiger partial charge in [-0.1, -0.05) is 184 Å². The number of benzene rings is 11. The molecule has 11 aromatic carbocycles. The summed E-state index contributed by atoms with van der Waals surface area (Å²) in [6.07, 6.45) is 0. The Morgan fingerprint density at radius 3 is 1.51 bits per heavy atom. The maximum absolute atomic E-state index is 6.60. The van der Waals surface area contributed by atoms with E-state index < -0.39 is 5.41 Å². The van der Waals surface area contributed by atoms with Gasteiger partial charge in [-0.3, -0.25) is 0 Å². The molecule has 0 bridgehead atoms. The molecule has 0 aliphatic heterocycles. The summed E-state index contributed by atoms with van der Waals surface area (Å²) in [6, 6.07) is 93.0. The van der Waals surface area contributed by atoms with E-state index in [1.165, 1.54) is 55.6 Å². The molecule has 2 aliphatic carbocycles. The summed E-state index contributed by atoms with van der Waals surface area (Å²) >= 11 is 0. The van der Waals surface area contributed by atoms with Crippen molar-refractivity contribution in [3.8, 4) is 22.3 Å². The highest BCUT2D eigenvalue weighted by molar-refractivity contribution is 6.13. The van der Waals surface area contributed by atoms with Gasteiger partial charge in [0.25, 0.3) is 0 Å². The molecule has 0 amide bonds. The lowest BCUT2D eigenvalue weighted by Crippen LogP contribution is -2.28. The van der Waals surface area contributed by atoms with Crippen LogP contribution in [0.15, 0.2) is 264 Å². The van der Waals surface area contributed by atoms with Crippen LogP contribution in [0.2, 0.25) is 0 Å². The smallest absolute Gasteiger partial charge is 0.137 e. The van der Waals surface area contributed by atoms with Crippen LogP contribution < -0.4 is 9.80 Å². The van der Waals surface area contributed by atoms with Crippen LogP contribution in [0, 0.1) is 0 Å². The van der Waals surface area contributed by atoms with Crippen LogP contribution >= 0.6 is 0 Å². The Bertz CT molecular complexity index is 4330. The molecule has 74 heavy (non-hydrogen) atoms. The zero-order valence-electron chi connectivity index (χ0n) is 41.0. The van der Waals surface area contributed by atoms with Crippen LogP contribution in [0.3, 0.4) is 0 Å². The molecule has 0 N–H and O–H groups in total. The fraction of sp³-hybridized carbons (Fsp3) is 0.0571. The molecular weight excluding hydrogens is 901 g/mol. The zero-order valence-corrected chi connectivity index (χ0v) is 41.0. The van der Waals surface area contributed by atoms with Crippen molar-refractivity contribution in [1.29, 1.82) is 0 Å². The molecule has 2 heterocycles. The molecule has 0 unspecified atom stereocenters. The molecule has 2 aromatic heterocycles. The molecule has 0 spiro atoms. The summed E-state index contributed by atoms with van der Waals surface area (Å²) in [5.74, 6) is 0. The first kappa shape index (κ1) is 42.3. The number of furan rings is 2. The molecule has 13 aromatic rings. The molecule has 4 nitrogen and oxygen atoms in total. The van der Waals surface area contributed by atoms with Gasteiger partial charge in [-0.2, -0.15) is 0 Å². The van der Waals surface area contributed by atoms with Crippen LogP contribution in [0.25, 0.3) is 66.1 Å². The normalized spacial score (nSPS) is 13.8. The van der Waals surface area contributed by atoms with E-state index in [0.717, 1.165) is 78.0 Å². The fourth-order valence-corrected chi connectivity index (χ4v) is 12.8. The summed E-state index contributed by atoms with van der Waals surface area (Å²) in [5.41, 5.74) is 21.6. The number of hydrogen-bond acceptors (Lipinski definition) is 4. The third-order valence-electron chi connectivity index (χ3n) is 16.1. The zero-order chi connectivity index (χ0) is 49.1. The summed E-state index contributed by atoms with van der Waals surface area (Å²) < 4.78 is 13.1. The van der Waals surface area contributed by atoms with Crippen LogP contribution in [-0.2, 0) is 10.8 Å². The van der Waals surface area contributed by atoms with Gasteiger partial charge in [-0.25, -0.2) is 0 Å². The van der Waals surface area contributed by atoms with Gasteiger partial charge in [0.15, 0.2) is 0 Å².